The van der Waals surface area contributed by atoms with Gasteiger partial charge in [-0.3, -0.25) is 14.5 Å². The first-order valence-electron chi connectivity index (χ1n) is 11.6. The molecule has 3 heterocycles. The molecule has 4 rings (SSSR count). The van der Waals surface area contributed by atoms with E-state index in [2.05, 4.69) is 23.8 Å². The van der Waals surface area contributed by atoms with Crippen molar-refractivity contribution in [2.24, 2.45) is 11.0 Å². The fraction of sp³-hybridized carbons (Fsp3) is 0.625. The maximum Gasteiger partial charge on any atom is 0.270 e. The van der Waals surface area contributed by atoms with Crippen LogP contribution in [0.3, 0.4) is 0 Å². The van der Waals surface area contributed by atoms with Crippen LogP contribution in [0.15, 0.2) is 35.4 Å². The predicted octanol–water partition coefficient (Wildman–Crippen LogP) is 2.51. The maximum atomic E-state index is 13.1. The number of benzene rings is 1. The van der Waals surface area contributed by atoms with Gasteiger partial charge in [0.1, 0.15) is 5.71 Å². The molecule has 0 spiro atoms. The summed E-state index contributed by atoms with van der Waals surface area (Å²) in [5.41, 5.74) is 1.53. The molecule has 0 N–H and O–H groups in total. The predicted molar refractivity (Wildman–Crippen MR) is 119 cm³/mol. The molecule has 2 unspecified atom stereocenters. The van der Waals surface area contributed by atoms with Gasteiger partial charge in [0, 0.05) is 45.6 Å². The van der Waals surface area contributed by atoms with Gasteiger partial charge in [-0.15, -0.1) is 0 Å². The van der Waals surface area contributed by atoms with Crippen molar-refractivity contribution in [2.45, 2.75) is 58.3 Å². The van der Waals surface area contributed by atoms with Crippen LogP contribution >= 0.6 is 0 Å². The highest BCUT2D eigenvalue weighted by molar-refractivity contribution is 6.39. The van der Waals surface area contributed by atoms with Gasteiger partial charge < -0.3 is 9.64 Å². The Bertz CT molecular complexity index is 794. The number of piperidine rings is 1. The Balaban J connectivity index is 1.30. The lowest BCUT2D eigenvalue weighted by Gasteiger charge is -2.39. The van der Waals surface area contributed by atoms with Crippen LogP contribution in [0.2, 0.25) is 0 Å². The zero-order chi connectivity index (χ0) is 21.8. The maximum absolute atomic E-state index is 13.1. The third-order valence-electron chi connectivity index (χ3n) is 6.44. The number of rotatable bonds is 5. The standard InChI is InChI=1S/C24H34N4O3/c1-18-14-26(15-19(2)31-18)16-21-10-12-27(13-11-21)24(30)22-8-9-23(29)28(25-22)17-20-6-4-3-5-7-20/h3-7,18-19,21H,8-17H2,1-2H3. The molecular formula is C24H34N4O3. The highest BCUT2D eigenvalue weighted by atomic mass is 16.5. The Labute approximate surface area is 185 Å². The molecule has 168 valence electrons. The second kappa shape index (κ2) is 9.92. The van der Waals surface area contributed by atoms with Gasteiger partial charge in [0.25, 0.3) is 5.91 Å². The number of amides is 2. The van der Waals surface area contributed by atoms with Crippen molar-refractivity contribution in [3.8, 4) is 0 Å². The van der Waals surface area contributed by atoms with Crippen molar-refractivity contribution in [3.05, 3.63) is 35.9 Å². The summed E-state index contributed by atoms with van der Waals surface area (Å²) in [4.78, 5) is 29.8. The van der Waals surface area contributed by atoms with Crippen molar-refractivity contribution in [1.29, 1.82) is 0 Å². The first-order valence-corrected chi connectivity index (χ1v) is 11.6. The summed E-state index contributed by atoms with van der Waals surface area (Å²) in [6, 6.07) is 9.78. The lowest BCUT2D eigenvalue weighted by atomic mass is 9.95. The third-order valence-corrected chi connectivity index (χ3v) is 6.44. The average Bonchev–Trinajstić information content (AvgIpc) is 2.75. The minimum absolute atomic E-state index is 0.00220. The zero-order valence-corrected chi connectivity index (χ0v) is 18.7. The molecule has 0 bridgehead atoms. The normalized spacial score (nSPS) is 26.1. The van der Waals surface area contributed by atoms with Crippen LogP contribution in [-0.2, 0) is 20.9 Å². The Morgan fingerprint density at radius 3 is 2.42 bits per heavy atom. The van der Waals surface area contributed by atoms with Gasteiger partial charge in [-0.2, -0.15) is 5.10 Å². The first-order chi connectivity index (χ1) is 15.0. The summed E-state index contributed by atoms with van der Waals surface area (Å²) in [6.07, 6.45) is 3.40. The monoisotopic (exact) mass is 426 g/mol. The smallest absolute Gasteiger partial charge is 0.270 e. The Morgan fingerprint density at radius 1 is 1.06 bits per heavy atom. The molecule has 0 saturated carbocycles. The first kappa shape index (κ1) is 22.0. The summed E-state index contributed by atoms with van der Waals surface area (Å²) in [7, 11) is 0. The minimum atomic E-state index is -0.0203. The lowest BCUT2D eigenvalue weighted by Crippen LogP contribution is -2.49. The molecule has 2 saturated heterocycles. The molecule has 3 aliphatic heterocycles. The molecule has 7 nitrogen and oxygen atoms in total. The number of morpholine rings is 1. The zero-order valence-electron chi connectivity index (χ0n) is 18.7. The average molecular weight is 427 g/mol. The quantitative estimate of drug-likeness (QED) is 0.726. The summed E-state index contributed by atoms with van der Waals surface area (Å²) >= 11 is 0. The SMILES string of the molecule is CC1CN(CC2CCN(C(=O)C3=NN(Cc4ccccc4)C(=O)CC3)CC2)CC(C)O1. The second-order valence-corrected chi connectivity index (χ2v) is 9.20. The minimum Gasteiger partial charge on any atom is -0.373 e. The van der Waals surface area contributed by atoms with Crippen molar-refractivity contribution in [3.63, 3.8) is 0 Å². The summed E-state index contributed by atoms with van der Waals surface area (Å²) in [5, 5.41) is 5.91. The van der Waals surface area contributed by atoms with Crippen molar-refractivity contribution < 1.29 is 14.3 Å². The van der Waals surface area contributed by atoms with Gasteiger partial charge >= 0.3 is 0 Å². The molecule has 1 aromatic rings. The fourth-order valence-electron chi connectivity index (χ4n) is 4.94. The van der Waals surface area contributed by atoms with Crippen LogP contribution in [0.4, 0.5) is 0 Å². The highest BCUT2D eigenvalue weighted by Gasteiger charge is 2.31. The van der Waals surface area contributed by atoms with Crippen LogP contribution in [0, 0.1) is 5.92 Å². The van der Waals surface area contributed by atoms with Crippen LogP contribution in [-0.4, -0.2) is 77.3 Å². The Morgan fingerprint density at radius 2 is 1.74 bits per heavy atom. The lowest BCUT2D eigenvalue weighted by molar-refractivity contribution is -0.132. The van der Waals surface area contributed by atoms with Gasteiger partial charge in [0.2, 0.25) is 5.91 Å². The molecular weight excluding hydrogens is 392 g/mol. The van der Waals surface area contributed by atoms with E-state index in [0.29, 0.717) is 31.0 Å². The van der Waals surface area contributed by atoms with Crippen LogP contribution < -0.4 is 0 Å². The number of likely N-dealkylation sites (tertiary alicyclic amines) is 1. The number of carbonyl (C=O) groups is 2. The Hall–Kier alpha value is -2.25. The van der Waals surface area contributed by atoms with E-state index in [1.165, 1.54) is 5.01 Å². The van der Waals surface area contributed by atoms with Crippen molar-refractivity contribution in [2.75, 3.05) is 32.7 Å². The van der Waals surface area contributed by atoms with E-state index in [0.717, 1.165) is 51.1 Å². The number of hydrogen-bond acceptors (Lipinski definition) is 5. The van der Waals surface area contributed by atoms with E-state index in [4.69, 9.17) is 4.74 Å². The van der Waals surface area contributed by atoms with Crippen LogP contribution in [0.25, 0.3) is 0 Å². The van der Waals surface area contributed by atoms with E-state index in [9.17, 15) is 9.59 Å². The van der Waals surface area contributed by atoms with Crippen LogP contribution in [0.5, 0.6) is 0 Å². The molecule has 2 amide bonds. The molecule has 7 heteroatoms. The summed E-state index contributed by atoms with van der Waals surface area (Å²) in [5.74, 6) is 0.594. The number of nitrogens with zero attached hydrogens (tertiary/aromatic N) is 4. The highest BCUT2D eigenvalue weighted by Crippen LogP contribution is 2.22. The fourth-order valence-corrected chi connectivity index (χ4v) is 4.94. The number of hydrogen-bond donors (Lipinski definition) is 0. The largest absolute Gasteiger partial charge is 0.373 e. The van der Waals surface area contributed by atoms with E-state index >= 15 is 0 Å². The van der Waals surface area contributed by atoms with Gasteiger partial charge in [-0.25, -0.2) is 5.01 Å². The molecule has 0 radical (unpaired) electrons. The second-order valence-electron chi connectivity index (χ2n) is 9.20. The molecule has 2 atom stereocenters. The van der Waals surface area contributed by atoms with E-state index in [1.54, 1.807) is 0 Å². The topological polar surface area (TPSA) is 65.5 Å². The summed E-state index contributed by atoms with van der Waals surface area (Å²) in [6.45, 7) is 9.29. The van der Waals surface area contributed by atoms with Gasteiger partial charge in [0.15, 0.2) is 0 Å². The summed E-state index contributed by atoms with van der Waals surface area (Å²) < 4.78 is 5.84. The molecule has 0 aliphatic carbocycles. The van der Waals surface area contributed by atoms with Crippen molar-refractivity contribution in [1.82, 2.24) is 14.8 Å². The van der Waals surface area contributed by atoms with Gasteiger partial charge in [-0.1, -0.05) is 30.3 Å². The molecule has 2 fully saturated rings. The number of carbonyl (C=O) groups excluding carboxylic acids is 2. The Kier molecular flexibility index (Phi) is 7.02. The van der Waals surface area contributed by atoms with E-state index < -0.39 is 0 Å². The molecule has 3 aliphatic rings. The molecule has 1 aromatic carbocycles. The molecule has 0 aromatic heterocycles. The molecule has 31 heavy (non-hydrogen) atoms. The van der Waals surface area contributed by atoms with Gasteiger partial charge in [-0.05, 0) is 38.2 Å². The van der Waals surface area contributed by atoms with Crippen LogP contribution in [0.1, 0.15) is 45.1 Å². The van der Waals surface area contributed by atoms with E-state index in [1.807, 2.05) is 35.2 Å². The number of hydrazone groups is 1. The van der Waals surface area contributed by atoms with Gasteiger partial charge in [0.05, 0.1) is 18.8 Å². The number of ether oxygens (including phenoxy) is 1. The third kappa shape index (κ3) is 5.71. The van der Waals surface area contributed by atoms with Crippen molar-refractivity contribution >= 4 is 17.5 Å². The van der Waals surface area contributed by atoms with E-state index in [-0.39, 0.29) is 24.0 Å².